The Morgan fingerprint density at radius 2 is 1.40 bits per heavy atom. The largest absolute Gasteiger partial charge is 0.489 e. The smallest absolute Gasteiger partial charge is 0.119 e. The fourth-order valence-corrected chi connectivity index (χ4v) is 2.92. The molecule has 0 radical (unpaired) electrons. The van der Waals surface area contributed by atoms with Gasteiger partial charge in [0.05, 0.1) is 6.10 Å². The second-order valence-electron chi connectivity index (χ2n) is 6.87. The van der Waals surface area contributed by atoms with Crippen LogP contribution >= 0.6 is 0 Å². The fourth-order valence-electron chi connectivity index (χ4n) is 2.92. The minimum absolute atomic E-state index is 0.437. The van der Waals surface area contributed by atoms with E-state index in [0.717, 1.165) is 11.3 Å². The zero-order valence-electron chi connectivity index (χ0n) is 15.7. The lowest BCUT2D eigenvalue weighted by molar-refractivity contribution is 0.199. The summed E-state index contributed by atoms with van der Waals surface area (Å²) in [7, 11) is 0. The number of aliphatic hydroxyl groups excluding tert-OH is 1. The molecule has 1 atom stereocenters. The lowest BCUT2D eigenvalue weighted by Crippen LogP contribution is -1.97. The number of aryl methyl sites for hydroxylation is 1. The van der Waals surface area contributed by atoms with Crippen LogP contribution in [0.4, 0.5) is 0 Å². The Kier molecular flexibility index (Phi) is 8.54. The summed E-state index contributed by atoms with van der Waals surface area (Å²) in [4.78, 5) is 0. The number of rotatable bonds is 11. The van der Waals surface area contributed by atoms with Gasteiger partial charge in [0.1, 0.15) is 12.4 Å². The maximum Gasteiger partial charge on any atom is 0.119 e. The highest BCUT2D eigenvalue weighted by Gasteiger charge is 2.01. The minimum atomic E-state index is -0.437. The molecule has 2 aromatic rings. The van der Waals surface area contributed by atoms with Crippen molar-refractivity contribution < 1.29 is 9.84 Å². The van der Waals surface area contributed by atoms with Crippen molar-refractivity contribution in [3.63, 3.8) is 0 Å². The standard InChI is InChI=1S/C23H32O2/c1-3-4-5-6-7-8-9-20-10-12-21(13-11-20)18-25-23-16-14-22(15-17-23)19(2)24/h10-17,19,24H,3-9,18H2,1-2H3. The van der Waals surface area contributed by atoms with Gasteiger partial charge < -0.3 is 9.84 Å². The van der Waals surface area contributed by atoms with Crippen molar-refractivity contribution in [2.24, 2.45) is 0 Å². The Morgan fingerprint density at radius 1 is 0.800 bits per heavy atom. The third-order valence-corrected chi connectivity index (χ3v) is 4.61. The first-order valence-corrected chi connectivity index (χ1v) is 9.67. The van der Waals surface area contributed by atoms with Crippen LogP contribution in [-0.2, 0) is 13.0 Å². The van der Waals surface area contributed by atoms with Crippen molar-refractivity contribution in [1.82, 2.24) is 0 Å². The zero-order valence-corrected chi connectivity index (χ0v) is 15.7. The van der Waals surface area contributed by atoms with Crippen molar-refractivity contribution in [1.29, 1.82) is 0 Å². The number of benzene rings is 2. The highest BCUT2D eigenvalue weighted by atomic mass is 16.5. The van der Waals surface area contributed by atoms with Gasteiger partial charge in [0.15, 0.2) is 0 Å². The molecule has 0 aliphatic heterocycles. The third-order valence-electron chi connectivity index (χ3n) is 4.61. The highest BCUT2D eigenvalue weighted by molar-refractivity contribution is 5.29. The molecule has 0 spiro atoms. The van der Waals surface area contributed by atoms with Crippen LogP contribution in [0.5, 0.6) is 5.75 Å². The van der Waals surface area contributed by atoms with Gasteiger partial charge in [0.2, 0.25) is 0 Å². The van der Waals surface area contributed by atoms with Gasteiger partial charge >= 0.3 is 0 Å². The molecule has 136 valence electrons. The van der Waals surface area contributed by atoms with E-state index >= 15 is 0 Å². The Hall–Kier alpha value is -1.80. The maximum atomic E-state index is 9.52. The van der Waals surface area contributed by atoms with Crippen LogP contribution in [0.2, 0.25) is 0 Å². The van der Waals surface area contributed by atoms with Crippen LogP contribution in [0.3, 0.4) is 0 Å². The van der Waals surface area contributed by atoms with Crippen LogP contribution in [0.25, 0.3) is 0 Å². The zero-order chi connectivity index (χ0) is 17.9. The fraction of sp³-hybridized carbons (Fsp3) is 0.478. The number of hydrogen-bond acceptors (Lipinski definition) is 2. The molecule has 1 unspecified atom stereocenters. The molecule has 0 aliphatic carbocycles. The number of aliphatic hydroxyl groups is 1. The summed E-state index contributed by atoms with van der Waals surface area (Å²) < 4.78 is 5.82. The molecule has 0 amide bonds. The van der Waals surface area contributed by atoms with E-state index in [1.807, 2.05) is 24.3 Å². The molecule has 0 fully saturated rings. The molecule has 0 bridgehead atoms. The first-order chi connectivity index (χ1) is 12.2. The maximum absolute atomic E-state index is 9.52. The second-order valence-corrected chi connectivity index (χ2v) is 6.87. The van der Waals surface area contributed by atoms with Crippen LogP contribution in [0.1, 0.15) is 75.2 Å². The molecule has 0 heterocycles. The van der Waals surface area contributed by atoms with E-state index in [-0.39, 0.29) is 0 Å². The lowest BCUT2D eigenvalue weighted by atomic mass is 10.0. The number of hydrogen-bond donors (Lipinski definition) is 1. The molecule has 2 rings (SSSR count). The SMILES string of the molecule is CCCCCCCCc1ccc(COc2ccc(C(C)O)cc2)cc1. The van der Waals surface area contributed by atoms with Gasteiger partial charge in [-0.05, 0) is 48.6 Å². The van der Waals surface area contributed by atoms with Gasteiger partial charge in [0, 0.05) is 0 Å². The van der Waals surface area contributed by atoms with E-state index in [4.69, 9.17) is 4.74 Å². The van der Waals surface area contributed by atoms with E-state index in [1.165, 1.54) is 56.1 Å². The number of unbranched alkanes of at least 4 members (excludes halogenated alkanes) is 5. The minimum Gasteiger partial charge on any atom is -0.489 e. The Balaban J connectivity index is 1.71. The second kappa shape index (κ2) is 10.9. The van der Waals surface area contributed by atoms with Crippen molar-refractivity contribution in [3.8, 4) is 5.75 Å². The van der Waals surface area contributed by atoms with Crippen molar-refractivity contribution in [2.75, 3.05) is 0 Å². The quantitative estimate of drug-likeness (QED) is 0.492. The molecule has 1 N–H and O–H groups in total. The topological polar surface area (TPSA) is 29.5 Å². The van der Waals surface area contributed by atoms with Crippen LogP contribution in [0, 0.1) is 0 Å². The molecule has 2 aromatic carbocycles. The monoisotopic (exact) mass is 340 g/mol. The molecule has 2 nitrogen and oxygen atoms in total. The normalized spacial score (nSPS) is 12.1. The Bertz CT molecular complexity index is 584. The van der Waals surface area contributed by atoms with Crippen LogP contribution < -0.4 is 4.74 Å². The van der Waals surface area contributed by atoms with Crippen LogP contribution in [0.15, 0.2) is 48.5 Å². The predicted molar refractivity (Wildman–Crippen MR) is 105 cm³/mol. The van der Waals surface area contributed by atoms with Crippen molar-refractivity contribution in [3.05, 3.63) is 65.2 Å². The summed E-state index contributed by atoms with van der Waals surface area (Å²) in [5.41, 5.74) is 3.51. The van der Waals surface area contributed by atoms with E-state index in [9.17, 15) is 5.11 Å². The molecule has 0 aromatic heterocycles. The predicted octanol–water partition coefficient (Wildman–Crippen LogP) is 6.22. The first-order valence-electron chi connectivity index (χ1n) is 9.67. The molecular weight excluding hydrogens is 308 g/mol. The summed E-state index contributed by atoms with van der Waals surface area (Å²) >= 11 is 0. The average molecular weight is 341 g/mol. The summed E-state index contributed by atoms with van der Waals surface area (Å²) in [6.45, 7) is 4.60. The van der Waals surface area contributed by atoms with E-state index in [2.05, 4.69) is 31.2 Å². The summed E-state index contributed by atoms with van der Waals surface area (Å²) in [5, 5.41) is 9.52. The highest BCUT2D eigenvalue weighted by Crippen LogP contribution is 2.18. The van der Waals surface area contributed by atoms with Gasteiger partial charge in [-0.3, -0.25) is 0 Å². The lowest BCUT2D eigenvalue weighted by Gasteiger charge is -2.09. The summed E-state index contributed by atoms with van der Waals surface area (Å²) in [6, 6.07) is 16.4. The first kappa shape index (κ1) is 19.5. The molecule has 25 heavy (non-hydrogen) atoms. The van der Waals surface area contributed by atoms with Crippen LogP contribution in [-0.4, -0.2) is 5.11 Å². The third kappa shape index (κ3) is 7.31. The van der Waals surface area contributed by atoms with Gasteiger partial charge in [-0.15, -0.1) is 0 Å². The van der Waals surface area contributed by atoms with E-state index in [0.29, 0.717) is 6.61 Å². The summed E-state index contributed by atoms with van der Waals surface area (Å²) in [6.07, 6.45) is 8.80. The molecule has 0 saturated heterocycles. The molecule has 0 saturated carbocycles. The van der Waals surface area contributed by atoms with Crippen molar-refractivity contribution in [2.45, 2.75) is 71.5 Å². The Morgan fingerprint density at radius 3 is 2.04 bits per heavy atom. The van der Waals surface area contributed by atoms with E-state index < -0.39 is 6.10 Å². The van der Waals surface area contributed by atoms with E-state index in [1.54, 1.807) is 6.92 Å². The molecule has 0 aliphatic rings. The van der Waals surface area contributed by atoms with Gasteiger partial charge in [0.25, 0.3) is 0 Å². The van der Waals surface area contributed by atoms with Crippen molar-refractivity contribution >= 4 is 0 Å². The molecular formula is C23H32O2. The summed E-state index contributed by atoms with van der Waals surface area (Å²) in [5.74, 6) is 0.834. The average Bonchev–Trinajstić information content (AvgIpc) is 2.64. The van der Waals surface area contributed by atoms with Gasteiger partial charge in [-0.25, -0.2) is 0 Å². The number of ether oxygens (including phenoxy) is 1. The molecule has 2 heteroatoms. The van der Waals surface area contributed by atoms with Gasteiger partial charge in [-0.2, -0.15) is 0 Å². The Labute approximate surface area is 152 Å². The van der Waals surface area contributed by atoms with Gasteiger partial charge in [-0.1, -0.05) is 75.4 Å².